The Kier molecular flexibility index (Phi) is 27.2. The maximum Gasteiger partial charge on any atom is 0.472 e. The normalized spacial score (nSPS) is 14.0. The van der Waals surface area contributed by atoms with Crippen LogP contribution in [0.4, 0.5) is 0 Å². The van der Waals surface area contributed by atoms with Gasteiger partial charge in [-0.15, -0.1) is 0 Å². The molecule has 0 aromatic rings. The number of ether oxygens (including phenoxy) is 2. The number of phosphoric ester groups is 1. The zero-order chi connectivity index (χ0) is 32.9. The zero-order valence-corrected chi connectivity index (χ0v) is 29.8. The summed E-state index contributed by atoms with van der Waals surface area (Å²) >= 11 is 0. The molecule has 0 heterocycles. The number of hydrogen-bond donors (Lipinski definition) is 1. The van der Waals surface area contributed by atoms with Crippen molar-refractivity contribution in [3.63, 3.8) is 0 Å². The number of hydrogen-bond acceptors (Lipinski definition) is 7. The minimum absolute atomic E-state index is 0.0322. The molecule has 0 radical (unpaired) electrons. The predicted molar refractivity (Wildman–Crippen MR) is 178 cm³/mol. The first kappa shape index (κ1) is 42.8. The Bertz CT molecular complexity index is 784. The monoisotopic (exact) mass is 648 g/mol. The van der Waals surface area contributed by atoms with Gasteiger partial charge in [0.15, 0.2) is 6.10 Å². The Labute approximate surface area is 269 Å². The van der Waals surface area contributed by atoms with Gasteiger partial charge in [0, 0.05) is 12.8 Å². The van der Waals surface area contributed by atoms with Gasteiger partial charge in [-0.1, -0.05) is 103 Å². The van der Waals surface area contributed by atoms with Gasteiger partial charge in [-0.25, -0.2) is 4.57 Å². The van der Waals surface area contributed by atoms with E-state index in [0.29, 0.717) is 17.4 Å². The third-order valence-electron chi connectivity index (χ3n) is 7.30. The molecule has 0 aliphatic heterocycles. The number of rotatable bonds is 31. The fourth-order valence-electron chi connectivity index (χ4n) is 4.48. The van der Waals surface area contributed by atoms with Crippen molar-refractivity contribution in [1.29, 1.82) is 0 Å². The first-order chi connectivity index (χ1) is 21.0. The molecule has 0 aromatic carbocycles. The van der Waals surface area contributed by atoms with E-state index < -0.39 is 26.5 Å². The molecule has 0 bridgehead atoms. The standard InChI is InChI=1S/C34H66NO8P/c1-6-8-10-12-14-15-16-17-18-19-21-23-25-27-34(37)43-32(31-42-44(38,39)41-29-28-35(3,4)5)30-40-33(36)26-24-22-20-13-11-9-7-2/h15-16,32H,6-14,17-31H2,1-5H3/p+1/b16-15-. The molecule has 10 heteroatoms. The number of allylic oxidation sites excluding steroid dienone is 2. The van der Waals surface area contributed by atoms with Crippen LogP contribution in [0.5, 0.6) is 0 Å². The van der Waals surface area contributed by atoms with Crippen LogP contribution in [0, 0.1) is 0 Å². The van der Waals surface area contributed by atoms with Gasteiger partial charge >= 0.3 is 19.8 Å². The summed E-state index contributed by atoms with van der Waals surface area (Å²) in [6, 6.07) is 0. The molecule has 260 valence electrons. The summed E-state index contributed by atoms with van der Waals surface area (Å²) in [5.41, 5.74) is 0. The number of carbonyl (C=O) groups is 2. The van der Waals surface area contributed by atoms with Gasteiger partial charge in [-0.2, -0.15) is 0 Å². The van der Waals surface area contributed by atoms with Gasteiger partial charge in [0.2, 0.25) is 0 Å². The van der Waals surface area contributed by atoms with Crippen LogP contribution >= 0.6 is 7.82 Å². The number of carbonyl (C=O) groups excluding carboxylic acids is 2. The van der Waals surface area contributed by atoms with Crippen molar-refractivity contribution in [3.8, 4) is 0 Å². The van der Waals surface area contributed by atoms with E-state index in [-0.39, 0.29) is 32.0 Å². The second-order valence-corrected chi connectivity index (χ2v) is 14.4. The Morgan fingerprint density at radius 2 is 1.16 bits per heavy atom. The molecule has 0 aliphatic rings. The van der Waals surface area contributed by atoms with Crippen LogP contribution in [0.3, 0.4) is 0 Å². The van der Waals surface area contributed by atoms with E-state index >= 15 is 0 Å². The van der Waals surface area contributed by atoms with Crippen molar-refractivity contribution in [1.82, 2.24) is 0 Å². The van der Waals surface area contributed by atoms with E-state index in [2.05, 4.69) is 26.0 Å². The number of quaternary nitrogens is 1. The van der Waals surface area contributed by atoms with Crippen molar-refractivity contribution >= 4 is 19.8 Å². The minimum Gasteiger partial charge on any atom is -0.462 e. The van der Waals surface area contributed by atoms with Crippen molar-refractivity contribution in [2.24, 2.45) is 0 Å². The summed E-state index contributed by atoms with van der Waals surface area (Å²) in [6.07, 6.45) is 24.2. The Morgan fingerprint density at radius 3 is 1.70 bits per heavy atom. The molecule has 44 heavy (non-hydrogen) atoms. The van der Waals surface area contributed by atoms with Crippen LogP contribution < -0.4 is 0 Å². The maximum absolute atomic E-state index is 12.5. The van der Waals surface area contributed by atoms with E-state index in [1.54, 1.807) is 0 Å². The van der Waals surface area contributed by atoms with E-state index in [1.165, 1.54) is 57.8 Å². The molecule has 9 nitrogen and oxygen atoms in total. The largest absolute Gasteiger partial charge is 0.472 e. The Morgan fingerprint density at radius 1 is 0.682 bits per heavy atom. The summed E-state index contributed by atoms with van der Waals surface area (Å²) in [7, 11) is 1.47. The lowest BCUT2D eigenvalue weighted by Crippen LogP contribution is -2.37. The van der Waals surface area contributed by atoms with E-state index in [4.69, 9.17) is 18.5 Å². The highest BCUT2D eigenvalue weighted by Gasteiger charge is 2.27. The molecular formula is C34H67NO8P+. The van der Waals surface area contributed by atoms with Gasteiger partial charge in [0.1, 0.15) is 19.8 Å². The summed E-state index contributed by atoms with van der Waals surface area (Å²) in [6.45, 7) is 4.32. The van der Waals surface area contributed by atoms with Crippen LogP contribution in [0.2, 0.25) is 0 Å². The lowest BCUT2D eigenvalue weighted by Gasteiger charge is -2.24. The number of likely N-dealkylation sites (N-methyl/N-ethyl adjacent to an activating group) is 1. The summed E-state index contributed by atoms with van der Waals surface area (Å²) in [4.78, 5) is 34.9. The number of unbranched alkanes of at least 4 members (excludes halogenated alkanes) is 15. The highest BCUT2D eigenvalue weighted by atomic mass is 31.2. The summed E-state index contributed by atoms with van der Waals surface area (Å²) in [5.74, 6) is -0.816. The van der Waals surface area contributed by atoms with Crippen molar-refractivity contribution in [3.05, 3.63) is 12.2 Å². The lowest BCUT2D eigenvalue weighted by atomic mass is 10.1. The molecule has 2 atom stereocenters. The van der Waals surface area contributed by atoms with E-state index in [1.807, 2.05) is 21.1 Å². The molecule has 0 amide bonds. The SMILES string of the molecule is CCCCCC/C=C\CCCCCCCC(=O)OC(COC(=O)CCCCCCCCC)COP(=O)(O)OCC[N+](C)(C)C. The van der Waals surface area contributed by atoms with Gasteiger partial charge in [-0.05, 0) is 38.5 Å². The summed E-state index contributed by atoms with van der Waals surface area (Å²) < 4.78 is 33.9. The summed E-state index contributed by atoms with van der Waals surface area (Å²) in [5, 5.41) is 0. The Balaban J connectivity index is 4.48. The predicted octanol–water partition coefficient (Wildman–Crippen LogP) is 8.68. The molecule has 0 rings (SSSR count). The molecular weight excluding hydrogens is 581 g/mol. The first-order valence-electron chi connectivity index (χ1n) is 17.4. The molecule has 0 aliphatic carbocycles. The first-order valence-corrected chi connectivity index (χ1v) is 18.9. The van der Waals surface area contributed by atoms with Crippen molar-refractivity contribution < 1.29 is 42.1 Å². The third kappa shape index (κ3) is 30.8. The second-order valence-electron chi connectivity index (χ2n) is 12.9. The number of nitrogens with zero attached hydrogens (tertiary/aromatic N) is 1. The minimum atomic E-state index is -4.35. The van der Waals surface area contributed by atoms with Crippen LogP contribution in [0.1, 0.15) is 142 Å². The molecule has 0 saturated heterocycles. The molecule has 2 unspecified atom stereocenters. The van der Waals surface area contributed by atoms with Crippen LogP contribution in [0.25, 0.3) is 0 Å². The maximum atomic E-state index is 12.5. The number of esters is 2. The highest BCUT2D eigenvalue weighted by molar-refractivity contribution is 7.47. The fraction of sp³-hybridized carbons (Fsp3) is 0.882. The average Bonchev–Trinajstić information content (AvgIpc) is 2.95. The van der Waals surface area contributed by atoms with E-state index in [0.717, 1.165) is 51.4 Å². The van der Waals surface area contributed by atoms with Crippen molar-refractivity contribution in [2.45, 2.75) is 148 Å². The fourth-order valence-corrected chi connectivity index (χ4v) is 5.22. The second kappa shape index (κ2) is 28.0. The quantitative estimate of drug-likeness (QED) is 0.0262. The lowest BCUT2D eigenvalue weighted by molar-refractivity contribution is -0.870. The van der Waals surface area contributed by atoms with Crippen LogP contribution in [-0.4, -0.2) is 74.9 Å². The third-order valence-corrected chi connectivity index (χ3v) is 8.28. The van der Waals surface area contributed by atoms with Gasteiger partial charge in [-0.3, -0.25) is 18.6 Å². The molecule has 0 fully saturated rings. The highest BCUT2D eigenvalue weighted by Crippen LogP contribution is 2.43. The van der Waals surface area contributed by atoms with E-state index in [9.17, 15) is 19.0 Å². The number of phosphoric acid groups is 1. The molecule has 1 N–H and O–H groups in total. The Hall–Kier alpha value is -1.25. The van der Waals surface area contributed by atoms with Gasteiger partial charge in [0.25, 0.3) is 0 Å². The zero-order valence-electron chi connectivity index (χ0n) is 28.9. The van der Waals surface area contributed by atoms with Gasteiger partial charge < -0.3 is 18.9 Å². The molecule has 0 saturated carbocycles. The van der Waals surface area contributed by atoms with Crippen molar-refractivity contribution in [2.75, 3.05) is 47.5 Å². The molecule has 0 spiro atoms. The smallest absolute Gasteiger partial charge is 0.462 e. The topological polar surface area (TPSA) is 108 Å². The van der Waals surface area contributed by atoms with Gasteiger partial charge in [0.05, 0.1) is 27.7 Å². The van der Waals surface area contributed by atoms with Crippen LogP contribution in [0.15, 0.2) is 12.2 Å². The molecule has 0 aromatic heterocycles. The average molecular weight is 649 g/mol. The van der Waals surface area contributed by atoms with Crippen LogP contribution in [-0.2, 0) is 32.7 Å².